The van der Waals surface area contributed by atoms with Crippen molar-refractivity contribution in [3.8, 4) is 11.4 Å². The molecule has 16 heavy (non-hydrogen) atoms. The molecule has 1 aliphatic carbocycles. The number of aromatic amines is 1. The average Bonchev–Trinajstić information content (AvgIpc) is 3.02. The Bertz CT molecular complexity index is 583. The smallest absolute Gasteiger partial charge is 0.195 e. The second-order valence-electron chi connectivity index (χ2n) is 3.96. The van der Waals surface area contributed by atoms with Crippen LogP contribution in [0.1, 0.15) is 18.9 Å². The van der Waals surface area contributed by atoms with E-state index in [1.165, 1.54) is 12.8 Å². The highest BCUT2D eigenvalue weighted by atomic mass is 35.5. The van der Waals surface area contributed by atoms with Crippen molar-refractivity contribution in [2.75, 3.05) is 0 Å². The van der Waals surface area contributed by atoms with Gasteiger partial charge >= 0.3 is 0 Å². The topological polar surface area (TPSA) is 33.6 Å². The van der Waals surface area contributed by atoms with Gasteiger partial charge in [0.05, 0.1) is 0 Å². The van der Waals surface area contributed by atoms with Crippen molar-refractivity contribution < 1.29 is 0 Å². The summed E-state index contributed by atoms with van der Waals surface area (Å²) in [7, 11) is 0. The number of rotatable bonds is 2. The van der Waals surface area contributed by atoms with Crippen LogP contribution in [0.5, 0.6) is 0 Å². The van der Waals surface area contributed by atoms with Crippen molar-refractivity contribution in [2.45, 2.75) is 18.9 Å². The summed E-state index contributed by atoms with van der Waals surface area (Å²) in [6, 6.07) is 8.20. The highest BCUT2D eigenvalue weighted by molar-refractivity contribution is 7.71. The number of H-pyrrole nitrogens is 1. The molecule has 2 aromatic rings. The molecular formula is C11H10ClN3S. The molecule has 0 spiro atoms. The Balaban J connectivity index is 2.16. The zero-order chi connectivity index (χ0) is 11.1. The maximum absolute atomic E-state index is 5.98. The van der Waals surface area contributed by atoms with E-state index in [1.807, 2.05) is 24.3 Å². The first-order valence-corrected chi connectivity index (χ1v) is 5.97. The van der Waals surface area contributed by atoms with Crippen LogP contribution in [0.15, 0.2) is 24.3 Å². The number of halogens is 1. The summed E-state index contributed by atoms with van der Waals surface area (Å²) in [4.78, 5) is 0. The minimum Gasteiger partial charge on any atom is -0.297 e. The molecule has 1 fully saturated rings. The van der Waals surface area contributed by atoms with Gasteiger partial charge in [-0.15, -0.1) is 0 Å². The highest BCUT2D eigenvalue weighted by Crippen LogP contribution is 2.38. The van der Waals surface area contributed by atoms with Crippen LogP contribution < -0.4 is 0 Å². The van der Waals surface area contributed by atoms with Gasteiger partial charge in [-0.1, -0.05) is 23.7 Å². The van der Waals surface area contributed by atoms with E-state index in [-0.39, 0.29) is 0 Å². The third-order valence-corrected chi connectivity index (χ3v) is 3.22. The third kappa shape index (κ3) is 1.68. The fourth-order valence-corrected chi connectivity index (χ4v) is 2.28. The standard InChI is InChI=1S/C11H10ClN3S/c12-8-3-1-2-7(6-8)10-13-14-11(16)15(10)9-4-5-9/h1-3,6,9H,4-5H2,(H,14,16). The van der Waals surface area contributed by atoms with E-state index in [0.29, 0.717) is 15.8 Å². The van der Waals surface area contributed by atoms with E-state index in [4.69, 9.17) is 23.8 Å². The first-order chi connectivity index (χ1) is 7.75. The maximum atomic E-state index is 5.98. The number of nitrogens with one attached hydrogen (secondary N) is 1. The van der Waals surface area contributed by atoms with Crippen molar-refractivity contribution in [1.29, 1.82) is 0 Å². The van der Waals surface area contributed by atoms with Gasteiger partial charge in [-0.25, -0.2) is 0 Å². The Labute approximate surface area is 103 Å². The second-order valence-corrected chi connectivity index (χ2v) is 4.79. The molecule has 5 heteroatoms. The van der Waals surface area contributed by atoms with E-state index >= 15 is 0 Å². The Morgan fingerprint density at radius 3 is 2.94 bits per heavy atom. The third-order valence-electron chi connectivity index (χ3n) is 2.70. The normalized spacial score (nSPS) is 15.3. The molecule has 1 N–H and O–H groups in total. The zero-order valence-electron chi connectivity index (χ0n) is 8.48. The van der Waals surface area contributed by atoms with E-state index in [9.17, 15) is 0 Å². The van der Waals surface area contributed by atoms with Crippen molar-refractivity contribution >= 4 is 23.8 Å². The molecule has 0 atom stereocenters. The van der Waals surface area contributed by atoms with Crippen molar-refractivity contribution in [1.82, 2.24) is 14.8 Å². The van der Waals surface area contributed by atoms with Crippen LogP contribution in [0.4, 0.5) is 0 Å². The monoisotopic (exact) mass is 251 g/mol. The fourth-order valence-electron chi connectivity index (χ4n) is 1.81. The quantitative estimate of drug-likeness (QED) is 0.828. The van der Waals surface area contributed by atoms with Crippen LogP contribution in [0.25, 0.3) is 11.4 Å². The Kier molecular flexibility index (Phi) is 2.33. The molecule has 3 rings (SSSR count). The van der Waals surface area contributed by atoms with Gasteiger partial charge in [0.2, 0.25) is 0 Å². The summed E-state index contributed by atoms with van der Waals surface area (Å²) >= 11 is 11.2. The lowest BCUT2D eigenvalue weighted by molar-refractivity contribution is 0.735. The molecule has 3 nitrogen and oxygen atoms in total. The minimum absolute atomic E-state index is 0.514. The van der Waals surface area contributed by atoms with Crippen LogP contribution in [-0.2, 0) is 0 Å². The Morgan fingerprint density at radius 2 is 2.25 bits per heavy atom. The van der Waals surface area contributed by atoms with Crippen LogP contribution in [0.3, 0.4) is 0 Å². The number of nitrogens with zero attached hydrogens (tertiary/aromatic N) is 2. The molecular weight excluding hydrogens is 242 g/mol. The summed E-state index contributed by atoms with van der Waals surface area (Å²) in [6.07, 6.45) is 2.36. The molecule has 1 aromatic heterocycles. The van der Waals surface area contributed by atoms with E-state index in [2.05, 4.69) is 14.8 Å². The molecule has 0 radical (unpaired) electrons. The van der Waals surface area contributed by atoms with Gasteiger partial charge in [0.1, 0.15) is 0 Å². The lowest BCUT2D eigenvalue weighted by atomic mass is 10.2. The van der Waals surface area contributed by atoms with Crippen LogP contribution in [0.2, 0.25) is 5.02 Å². The highest BCUT2D eigenvalue weighted by Gasteiger charge is 2.27. The summed E-state index contributed by atoms with van der Waals surface area (Å²) < 4.78 is 2.78. The van der Waals surface area contributed by atoms with Crippen molar-refractivity contribution in [3.63, 3.8) is 0 Å². The van der Waals surface area contributed by atoms with Gasteiger partial charge in [-0.3, -0.25) is 9.67 Å². The minimum atomic E-state index is 0.514. The number of aromatic nitrogens is 3. The molecule has 0 saturated heterocycles. The molecule has 82 valence electrons. The summed E-state index contributed by atoms with van der Waals surface area (Å²) in [5.74, 6) is 0.884. The molecule has 1 aromatic carbocycles. The lowest BCUT2D eigenvalue weighted by Crippen LogP contribution is -1.97. The van der Waals surface area contributed by atoms with E-state index < -0.39 is 0 Å². The Morgan fingerprint density at radius 1 is 1.44 bits per heavy atom. The van der Waals surface area contributed by atoms with Crippen LogP contribution in [-0.4, -0.2) is 14.8 Å². The van der Waals surface area contributed by atoms with Gasteiger partial charge in [0, 0.05) is 16.6 Å². The molecule has 1 aliphatic rings. The Hall–Kier alpha value is -1.13. The van der Waals surface area contributed by atoms with Crippen LogP contribution in [0, 0.1) is 4.77 Å². The first kappa shape index (κ1) is 10.1. The molecule has 0 aliphatic heterocycles. The van der Waals surface area contributed by atoms with Gasteiger partial charge in [-0.05, 0) is 37.2 Å². The van der Waals surface area contributed by atoms with Gasteiger partial charge in [-0.2, -0.15) is 5.10 Å². The van der Waals surface area contributed by atoms with Gasteiger partial charge < -0.3 is 0 Å². The largest absolute Gasteiger partial charge is 0.297 e. The predicted molar refractivity (Wildman–Crippen MR) is 66.1 cm³/mol. The van der Waals surface area contributed by atoms with Crippen molar-refractivity contribution in [3.05, 3.63) is 34.1 Å². The molecule has 0 bridgehead atoms. The van der Waals surface area contributed by atoms with Gasteiger partial charge in [0.25, 0.3) is 0 Å². The molecule has 0 unspecified atom stereocenters. The number of hydrogen-bond donors (Lipinski definition) is 1. The SMILES string of the molecule is S=c1[nH]nc(-c2cccc(Cl)c2)n1C1CC1. The number of hydrogen-bond acceptors (Lipinski definition) is 2. The lowest BCUT2D eigenvalue weighted by Gasteiger charge is -2.04. The number of benzene rings is 1. The van der Waals surface area contributed by atoms with Gasteiger partial charge in [0.15, 0.2) is 10.6 Å². The first-order valence-electron chi connectivity index (χ1n) is 5.18. The molecule has 0 amide bonds. The summed E-state index contributed by atoms with van der Waals surface area (Å²) in [5, 5.41) is 7.84. The van der Waals surface area contributed by atoms with Crippen LogP contribution >= 0.6 is 23.8 Å². The van der Waals surface area contributed by atoms with E-state index in [1.54, 1.807) is 0 Å². The summed E-state index contributed by atoms with van der Waals surface area (Å²) in [5.41, 5.74) is 1.01. The fraction of sp³-hybridized carbons (Fsp3) is 0.273. The predicted octanol–water partition coefficient (Wildman–Crippen LogP) is 3.60. The molecule has 1 saturated carbocycles. The average molecular weight is 252 g/mol. The van der Waals surface area contributed by atoms with Crippen molar-refractivity contribution in [2.24, 2.45) is 0 Å². The maximum Gasteiger partial charge on any atom is 0.195 e. The summed E-state index contributed by atoms with van der Waals surface area (Å²) in [6.45, 7) is 0. The zero-order valence-corrected chi connectivity index (χ0v) is 10.1. The second kappa shape index (κ2) is 3.71. The molecule has 1 heterocycles. The van der Waals surface area contributed by atoms with E-state index in [0.717, 1.165) is 11.4 Å².